The summed E-state index contributed by atoms with van der Waals surface area (Å²) >= 11 is 4.82. The van der Waals surface area contributed by atoms with Crippen LogP contribution in [-0.4, -0.2) is 11.0 Å². The monoisotopic (exact) mass is 300 g/mol. The van der Waals surface area contributed by atoms with E-state index in [-0.39, 0.29) is 10.8 Å². The zero-order chi connectivity index (χ0) is 14.8. The van der Waals surface area contributed by atoms with Crippen LogP contribution in [0.15, 0.2) is 42.5 Å². The van der Waals surface area contributed by atoms with Gasteiger partial charge in [-0.2, -0.15) is 0 Å². The minimum Gasteiger partial charge on any atom is -0.389 e. The molecule has 2 aromatic carbocycles. The second kappa shape index (κ2) is 5.82. The summed E-state index contributed by atoms with van der Waals surface area (Å²) in [5.74, 6) is -0.372. The molecule has 1 aliphatic rings. The summed E-state index contributed by atoms with van der Waals surface area (Å²) in [6.45, 7) is 0. The number of benzene rings is 2. The summed E-state index contributed by atoms with van der Waals surface area (Å²) < 4.78 is 13.9. The van der Waals surface area contributed by atoms with Crippen LogP contribution in [0.25, 0.3) is 0 Å². The fourth-order valence-electron chi connectivity index (χ4n) is 2.86. The standard InChI is InChI=1S/C17H17FN2S/c18-16-10-14(7-8-15(16)17(19)21)20-13-6-5-11-3-1-2-4-12(11)9-13/h1-4,7-8,10,13,20H,5-6,9H2,(H2,19,21). The molecule has 4 heteroatoms. The number of anilines is 1. The lowest BCUT2D eigenvalue weighted by Crippen LogP contribution is -2.27. The highest BCUT2D eigenvalue weighted by atomic mass is 32.1. The van der Waals surface area contributed by atoms with Crippen molar-refractivity contribution >= 4 is 22.9 Å². The number of halogens is 1. The summed E-state index contributed by atoms with van der Waals surface area (Å²) in [5.41, 5.74) is 9.34. The van der Waals surface area contributed by atoms with E-state index in [1.165, 1.54) is 17.2 Å². The molecule has 1 aliphatic carbocycles. The van der Waals surface area contributed by atoms with E-state index in [9.17, 15) is 4.39 Å². The van der Waals surface area contributed by atoms with Gasteiger partial charge in [0, 0.05) is 17.3 Å². The van der Waals surface area contributed by atoms with Gasteiger partial charge in [0.15, 0.2) is 0 Å². The number of nitrogens with two attached hydrogens (primary N) is 1. The minimum atomic E-state index is -0.372. The van der Waals surface area contributed by atoms with Crippen LogP contribution < -0.4 is 11.1 Å². The lowest BCUT2D eigenvalue weighted by Gasteiger charge is -2.26. The highest BCUT2D eigenvalue weighted by Gasteiger charge is 2.18. The van der Waals surface area contributed by atoms with Crippen LogP contribution in [-0.2, 0) is 12.8 Å². The van der Waals surface area contributed by atoms with E-state index < -0.39 is 0 Å². The number of fused-ring (bicyclic) bond motifs is 1. The molecule has 0 saturated carbocycles. The number of hydrogen-bond donors (Lipinski definition) is 2. The fraction of sp³-hybridized carbons (Fsp3) is 0.235. The van der Waals surface area contributed by atoms with E-state index in [0.717, 1.165) is 24.9 Å². The first-order valence-electron chi connectivity index (χ1n) is 7.06. The Kier molecular flexibility index (Phi) is 3.88. The number of nitrogens with one attached hydrogen (secondary N) is 1. The Morgan fingerprint density at radius 3 is 2.67 bits per heavy atom. The third kappa shape index (κ3) is 3.05. The maximum atomic E-state index is 13.9. The van der Waals surface area contributed by atoms with E-state index in [1.807, 2.05) is 6.07 Å². The van der Waals surface area contributed by atoms with E-state index in [4.69, 9.17) is 18.0 Å². The third-order valence-electron chi connectivity index (χ3n) is 3.95. The molecule has 0 heterocycles. The first kappa shape index (κ1) is 14.0. The molecule has 0 aromatic heterocycles. The van der Waals surface area contributed by atoms with E-state index in [1.54, 1.807) is 6.07 Å². The highest BCUT2D eigenvalue weighted by Crippen LogP contribution is 2.24. The summed E-state index contributed by atoms with van der Waals surface area (Å²) in [6.07, 6.45) is 3.08. The molecular weight excluding hydrogens is 283 g/mol. The van der Waals surface area contributed by atoms with Crippen LogP contribution in [0.1, 0.15) is 23.1 Å². The highest BCUT2D eigenvalue weighted by molar-refractivity contribution is 7.80. The lowest BCUT2D eigenvalue weighted by atomic mass is 9.88. The Bertz CT molecular complexity index is 684. The molecule has 108 valence electrons. The van der Waals surface area contributed by atoms with Gasteiger partial charge < -0.3 is 11.1 Å². The van der Waals surface area contributed by atoms with Crippen molar-refractivity contribution in [3.63, 3.8) is 0 Å². The summed E-state index contributed by atoms with van der Waals surface area (Å²) in [7, 11) is 0. The smallest absolute Gasteiger partial charge is 0.135 e. The van der Waals surface area contributed by atoms with Gasteiger partial charge in [-0.15, -0.1) is 0 Å². The van der Waals surface area contributed by atoms with Crippen molar-refractivity contribution in [3.05, 3.63) is 65.0 Å². The van der Waals surface area contributed by atoms with Crippen molar-refractivity contribution in [1.29, 1.82) is 0 Å². The van der Waals surface area contributed by atoms with Gasteiger partial charge in [-0.1, -0.05) is 36.5 Å². The molecule has 21 heavy (non-hydrogen) atoms. The van der Waals surface area contributed by atoms with Crippen molar-refractivity contribution in [2.24, 2.45) is 5.73 Å². The lowest BCUT2D eigenvalue weighted by molar-refractivity contribution is 0.606. The quantitative estimate of drug-likeness (QED) is 0.853. The van der Waals surface area contributed by atoms with Crippen LogP contribution >= 0.6 is 12.2 Å². The largest absolute Gasteiger partial charge is 0.389 e. The predicted octanol–water partition coefficient (Wildman–Crippen LogP) is 3.43. The van der Waals surface area contributed by atoms with Crippen molar-refractivity contribution < 1.29 is 4.39 Å². The maximum Gasteiger partial charge on any atom is 0.135 e. The molecule has 0 radical (unpaired) electrons. The average Bonchev–Trinajstić information content (AvgIpc) is 2.47. The molecule has 1 atom stereocenters. The van der Waals surface area contributed by atoms with Crippen LogP contribution in [0.5, 0.6) is 0 Å². The van der Waals surface area contributed by atoms with E-state index >= 15 is 0 Å². The van der Waals surface area contributed by atoms with E-state index in [2.05, 4.69) is 29.6 Å². The number of aryl methyl sites for hydroxylation is 1. The molecule has 3 N–H and O–H groups in total. The van der Waals surface area contributed by atoms with Crippen LogP contribution in [0.4, 0.5) is 10.1 Å². The molecule has 2 nitrogen and oxygen atoms in total. The summed E-state index contributed by atoms with van der Waals surface area (Å²) in [4.78, 5) is 0.0886. The molecule has 0 amide bonds. The second-order valence-corrected chi connectivity index (χ2v) is 5.85. The molecule has 0 bridgehead atoms. The summed E-state index contributed by atoms with van der Waals surface area (Å²) in [6, 6.07) is 13.8. The van der Waals surface area contributed by atoms with Gasteiger partial charge in [-0.3, -0.25) is 0 Å². The van der Waals surface area contributed by atoms with Gasteiger partial charge in [0.1, 0.15) is 10.8 Å². The van der Waals surface area contributed by atoms with E-state index in [0.29, 0.717) is 11.6 Å². The van der Waals surface area contributed by atoms with Crippen LogP contribution in [0, 0.1) is 5.82 Å². The molecule has 2 aromatic rings. The van der Waals surface area contributed by atoms with Crippen molar-refractivity contribution in [2.45, 2.75) is 25.3 Å². The molecule has 0 spiro atoms. The average molecular weight is 300 g/mol. The number of hydrogen-bond acceptors (Lipinski definition) is 2. The molecular formula is C17H17FN2S. The zero-order valence-electron chi connectivity index (χ0n) is 11.6. The topological polar surface area (TPSA) is 38.0 Å². The van der Waals surface area contributed by atoms with Crippen molar-refractivity contribution in [3.8, 4) is 0 Å². The van der Waals surface area contributed by atoms with Crippen LogP contribution in [0.2, 0.25) is 0 Å². The van der Waals surface area contributed by atoms with Crippen molar-refractivity contribution in [2.75, 3.05) is 5.32 Å². The molecule has 0 saturated heterocycles. The van der Waals surface area contributed by atoms with Gasteiger partial charge in [0.25, 0.3) is 0 Å². The minimum absolute atomic E-state index is 0.0886. The SMILES string of the molecule is NC(=S)c1ccc(NC2CCc3ccccc3C2)cc1F. The second-order valence-electron chi connectivity index (χ2n) is 5.41. The maximum absolute atomic E-state index is 13.9. The molecule has 1 unspecified atom stereocenters. The third-order valence-corrected chi connectivity index (χ3v) is 4.17. The first-order valence-corrected chi connectivity index (χ1v) is 7.47. The Labute approximate surface area is 129 Å². The van der Waals surface area contributed by atoms with Gasteiger partial charge in [-0.25, -0.2) is 4.39 Å². The Balaban J connectivity index is 1.73. The van der Waals surface area contributed by atoms with Gasteiger partial charge in [-0.05, 0) is 48.6 Å². The zero-order valence-corrected chi connectivity index (χ0v) is 12.4. The first-order chi connectivity index (χ1) is 10.1. The van der Waals surface area contributed by atoms with Gasteiger partial charge in [0.2, 0.25) is 0 Å². The Morgan fingerprint density at radius 2 is 1.95 bits per heavy atom. The molecule has 0 aliphatic heterocycles. The number of rotatable bonds is 3. The normalized spacial score (nSPS) is 17.1. The fourth-order valence-corrected chi connectivity index (χ4v) is 3.03. The Morgan fingerprint density at radius 1 is 1.19 bits per heavy atom. The predicted molar refractivity (Wildman–Crippen MR) is 88.2 cm³/mol. The van der Waals surface area contributed by atoms with Crippen LogP contribution in [0.3, 0.4) is 0 Å². The Hall–Kier alpha value is -1.94. The molecule has 3 rings (SSSR count). The van der Waals surface area contributed by atoms with Crippen molar-refractivity contribution in [1.82, 2.24) is 0 Å². The van der Waals surface area contributed by atoms with Gasteiger partial charge in [0.05, 0.1) is 0 Å². The number of thiocarbonyl (C=S) groups is 1. The summed E-state index contributed by atoms with van der Waals surface area (Å²) in [5, 5.41) is 3.40. The molecule has 0 fully saturated rings. The van der Waals surface area contributed by atoms with Gasteiger partial charge >= 0.3 is 0 Å².